The van der Waals surface area contributed by atoms with Crippen LogP contribution in [0.15, 0.2) is 48.7 Å². The predicted molar refractivity (Wildman–Crippen MR) is 93.5 cm³/mol. The van der Waals surface area contributed by atoms with Gasteiger partial charge >= 0.3 is 5.69 Å². The van der Waals surface area contributed by atoms with Gasteiger partial charge in [-0.05, 0) is 31.2 Å². The molecule has 0 bridgehead atoms. The molecule has 7 nitrogen and oxygen atoms in total. The average Bonchev–Trinajstić information content (AvgIpc) is 3.10. The molecule has 25 heavy (non-hydrogen) atoms. The SMILES string of the molecule is COc1cc(-c2ccnn2-c2ccc(C)cc2)cc([N+](=O)[O-])c1OC. The number of benzene rings is 2. The minimum Gasteiger partial charge on any atom is -0.493 e. The Labute approximate surface area is 144 Å². The van der Waals surface area contributed by atoms with Crippen molar-refractivity contribution >= 4 is 5.69 Å². The van der Waals surface area contributed by atoms with Crippen LogP contribution in [-0.4, -0.2) is 28.9 Å². The van der Waals surface area contributed by atoms with Gasteiger partial charge in [-0.15, -0.1) is 0 Å². The number of hydrogen-bond acceptors (Lipinski definition) is 5. The zero-order valence-electron chi connectivity index (χ0n) is 14.1. The second-order valence-corrected chi connectivity index (χ2v) is 5.45. The number of aromatic nitrogens is 2. The minimum absolute atomic E-state index is 0.0950. The molecule has 0 atom stereocenters. The molecule has 0 aliphatic carbocycles. The maximum Gasteiger partial charge on any atom is 0.315 e. The van der Waals surface area contributed by atoms with Crippen LogP contribution >= 0.6 is 0 Å². The summed E-state index contributed by atoms with van der Waals surface area (Å²) in [4.78, 5) is 10.9. The molecule has 0 fully saturated rings. The third-order valence-corrected chi connectivity index (χ3v) is 3.87. The van der Waals surface area contributed by atoms with Crippen LogP contribution in [0.2, 0.25) is 0 Å². The van der Waals surface area contributed by atoms with E-state index in [0.29, 0.717) is 17.0 Å². The van der Waals surface area contributed by atoms with Crippen molar-refractivity contribution in [2.45, 2.75) is 6.92 Å². The first-order valence-electron chi connectivity index (χ1n) is 7.57. The van der Waals surface area contributed by atoms with Gasteiger partial charge in [-0.1, -0.05) is 17.7 Å². The van der Waals surface area contributed by atoms with Gasteiger partial charge in [0, 0.05) is 11.6 Å². The molecule has 0 saturated heterocycles. The number of methoxy groups -OCH3 is 2. The molecule has 7 heteroatoms. The summed E-state index contributed by atoms with van der Waals surface area (Å²) in [5.41, 5.74) is 3.17. The average molecular weight is 339 g/mol. The van der Waals surface area contributed by atoms with E-state index >= 15 is 0 Å². The van der Waals surface area contributed by atoms with Gasteiger partial charge in [0.25, 0.3) is 0 Å². The molecule has 2 aromatic carbocycles. The molecular weight excluding hydrogens is 322 g/mol. The first-order chi connectivity index (χ1) is 12.0. The van der Waals surface area contributed by atoms with Crippen LogP contribution in [0.3, 0.4) is 0 Å². The van der Waals surface area contributed by atoms with Gasteiger partial charge in [-0.25, -0.2) is 4.68 Å². The van der Waals surface area contributed by atoms with Crippen molar-refractivity contribution in [3.05, 3.63) is 64.3 Å². The third-order valence-electron chi connectivity index (χ3n) is 3.87. The molecular formula is C18H17N3O4. The van der Waals surface area contributed by atoms with E-state index < -0.39 is 4.92 Å². The molecule has 0 amide bonds. The summed E-state index contributed by atoms with van der Waals surface area (Å²) in [6, 6.07) is 12.8. The highest BCUT2D eigenvalue weighted by Gasteiger charge is 2.23. The van der Waals surface area contributed by atoms with Crippen LogP contribution in [0.5, 0.6) is 11.5 Å². The number of nitrogens with zero attached hydrogens (tertiary/aromatic N) is 3. The maximum absolute atomic E-state index is 11.4. The highest BCUT2D eigenvalue weighted by Crippen LogP contribution is 2.41. The Morgan fingerprint density at radius 1 is 1.08 bits per heavy atom. The number of hydrogen-bond donors (Lipinski definition) is 0. The highest BCUT2D eigenvalue weighted by atomic mass is 16.6. The van der Waals surface area contributed by atoms with Gasteiger partial charge in [-0.3, -0.25) is 10.1 Å². The van der Waals surface area contributed by atoms with Crippen LogP contribution in [0, 0.1) is 17.0 Å². The van der Waals surface area contributed by atoms with Gasteiger partial charge in [0.05, 0.1) is 36.7 Å². The molecule has 1 heterocycles. The Balaban J connectivity index is 2.18. The fraction of sp³-hybridized carbons (Fsp3) is 0.167. The first kappa shape index (κ1) is 16.5. The summed E-state index contributed by atoms with van der Waals surface area (Å²) < 4.78 is 12.1. The Morgan fingerprint density at radius 2 is 1.80 bits per heavy atom. The van der Waals surface area contributed by atoms with E-state index in [1.807, 2.05) is 31.2 Å². The van der Waals surface area contributed by atoms with Crippen LogP contribution in [0.4, 0.5) is 5.69 Å². The summed E-state index contributed by atoms with van der Waals surface area (Å²) in [6.45, 7) is 2.01. The van der Waals surface area contributed by atoms with Crippen molar-refractivity contribution in [3.8, 4) is 28.4 Å². The van der Waals surface area contributed by atoms with E-state index in [2.05, 4.69) is 5.10 Å². The zero-order chi connectivity index (χ0) is 18.0. The lowest BCUT2D eigenvalue weighted by molar-refractivity contribution is -0.385. The van der Waals surface area contributed by atoms with E-state index in [9.17, 15) is 10.1 Å². The van der Waals surface area contributed by atoms with Gasteiger partial charge in [0.2, 0.25) is 5.75 Å². The molecule has 1 aromatic heterocycles. The largest absolute Gasteiger partial charge is 0.493 e. The summed E-state index contributed by atoms with van der Waals surface area (Å²) in [6.07, 6.45) is 1.65. The van der Waals surface area contributed by atoms with Crippen molar-refractivity contribution in [3.63, 3.8) is 0 Å². The number of rotatable bonds is 5. The molecule has 0 spiro atoms. The lowest BCUT2D eigenvalue weighted by Gasteiger charge is -2.12. The Kier molecular flexibility index (Phi) is 4.38. The third kappa shape index (κ3) is 3.03. The number of aryl methyl sites for hydroxylation is 1. The van der Waals surface area contributed by atoms with Crippen molar-refractivity contribution < 1.29 is 14.4 Å². The van der Waals surface area contributed by atoms with E-state index in [1.54, 1.807) is 23.0 Å². The quantitative estimate of drug-likeness (QED) is 0.522. The van der Waals surface area contributed by atoms with E-state index in [4.69, 9.17) is 9.47 Å². The topological polar surface area (TPSA) is 79.4 Å². The van der Waals surface area contributed by atoms with E-state index in [1.165, 1.54) is 20.3 Å². The Hall–Kier alpha value is -3.35. The summed E-state index contributed by atoms with van der Waals surface area (Å²) in [7, 11) is 2.82. The highest BCUT2D eigenvalue weighted by molar-refractivity contribution is 5.72. The fourth-order valence-electron chi connectivity index (χ4n) is 2.64. The Morgan fingerprint density at radius 3 is 2.40 bits per heavy atom. The smallest absolute Gasteiger partial charge is 0.315 e. The lowest BCUT2D eigenvalue weighted by atomic mass is 10.1. The van der Waals surface area contributed by atoms with Crippen LogP contribution in [-0.2, 0) is 0 Å². The fourth-order valence-corrected chi connectivity index (χ4v) is 2.64. The first-order valence-corrected chi connectivity index (χ1v) is 7.57. The van der Waals surface area contributed by atoms with Gasteiger partial charge in [-0.2, -0.15) is 5.10 Å². The normalized spacial score (nSPS) is 10.5. The number of ether oxygens (including phenoxy) is 2. The molecule has 0 radical (unpaired) electrons. The molecule has 3 rings (SSSR count). The molecule has 128 valence electrons. The van der Waals surface area contributed by atoms with Crippen molar-refractivity contribution in [1.29, 1.82) is 0 Å². The van der Waals surface area contributed by atoms with Crippen molar-refractivity contribution in [2.24, 2.45) is 0 Å². The minimum atomic E-state index is -0.489. The summed E-state index contributed by atoms with van der Waals surface area (Å²) >= 11 is 0. The number of nitro groups is 1. The van der Waals surface area contributed by atoms with E-state index in [-0.39, 0.29) is 11.4 Å². The Bertz CT molecular complexity index is 917. The van der Waals surface area contributed by atoms with Crippen LogP contribution in [0.25, 0.3) is 16.9 Å². The second-order valence-electron chi connectivity index (χ2n) is 5.45. The predicted octanol–water partition coefficient (Wildman–Crippen LogP) is 3.77. The van der Waals surface area contributed by atoms with E-state index in [0.717, 1.165) is 11.3 Å². The molecule has 0 N–H and O–H groups in total. The van der Waals surface area contributed by atoms with Crippen molar-refractivity contribution in [2.75, 3.05) is 14.2 Å². The molecule has 0 aliphatic rings. The number of nitro benzene ring substituents is 1. The molecule has 3 aromatic rings. The molecule has 0 saturated carbocycles. The van der Waals surface area contributed by atoms with Gasteiger partial charge < -0.3 is 9.47 Å². The second kappa shape index (κ2) is 6.64. The van der Waals surface area contributed by atoms with Crippen LogP contribution in [0.1, 0.15) is 5.56 Å². The van der Waals surface area contributed by atoms with Gasteiger partial charge in [0.1, 0.15) is 0 Å². The lowest BCUT2D eigenvalue weighted by Crippen LogP contribution is -2.01. The molecule has 0 aliphatic heterocycles. The van der Waals surface area contributed by atoms with Gasteiger partial charge in [0.15, 0.2) is 5.75 Å². The standard InChI is InChI=1S/C18H17N3O4/c1-12-4-6-14(7-5-12)20-15(8-9-19-20)13-10-16(21(22)23)18(25-3)17(11-13)24-2/h4-11H,1-3H3. The molecule has 0 unspecified atom stereocenters. The van der Waals surface area contributed by atoms with Crippen molar-refractivity contribution in [1.82, 2.24) is 9.78 Å². The van der Waals surface area contributed by atoms with Crippen LogP contribution < -0.4 is 9.47 Å². The summed E-state index contributed by atoms with van der Waals surface area (Å²) in [5, 5.41) is 15.8. The monoisotopic (exact) mass is 339 g/mol. The maximum atomic E-state index is 11.4. The summed E-state index contributed by atoms with van der Waals surface area (Å²) in [5.74, 6) is 0.390. The zero-order valence-corrected chi connectivity index (χ0v) is 14.1.